The Hall–Kier alpha value is -1.61. The fourth-order valence-corrected chi connectivity index (χ4v) is 2.37. The van der Waals surface area contributed by atoms with Gasteiger partial charge in [-0.1, -0.05) is 12.1 Å². The standard InChI is InChI=1S/C16H22N2O/c1-3-19-15-9-6-8-14-13(7-4-5-10-17)11-12(2)18-16(14)15/h6,8-9,11H,3-5,7,10,17H2,1-2H3. The molecule has 3 heteroatoms. The number of fused-ring (bicyclic) bond motifs is 1. The summed E-state index contributed by atoms with van der Waals surface area (Å²) in [6, 6.07) is 8.33. The number of para-hydroxylation sites is 1. The molecule has 0 atom stereocenters. The lowest BCUT2D eigenvalue weighted by molar-refractivity contribution is 0.343. The van der Waals surface area contributed by atoms with E-state index in [-0.39, 0.29) is 0 Å². The van der Waals surface area contributed by atoms with Gasteiger partial charge >= 0.3 is 0 Å². The lowest BCUT2D eigenvalue weighted by Crippen LogP contribution is -2.01. The second-order valence-corrected chi connectivity index (χ2v) is 4.75. The minimum absolute atomic E-state index is 0.664. The van der Waals surface area contributed by atoms with Gasteiger partial charge in [0, 0.05) is 11.1 Å². The van der Waals surface area contributed by atoms with Gasteiger partial charge in [-0.3, -0.25) is 0 Å². The molecule has 0 aliphatic carbocycles. The highest BCUT2D eigenvalue weighted by atomic mass is 16.5. The topological polar surface area (TPSA) is 48.1 Å². The van der Waals surface area contributed by atoms with Crippen molar-refractivity contribution in [3.05, 3.63) is 35.5 Å². The summed E-state index contributed by atoms with van der Waals surface area (Å²) in [6.07, 6.45) is 3.23. The van der Waals surface area contributed by atoms with Crippen molar-refractivity contribution in [3.8, 4) is 5.75 Å². The molecular weight excluding hydrogens is 236 g/mol. The van der Waals surface area contributed by atoms with Crippen LogP contribution >= 0.6 is 0 Å². The van der Waals surface area contributed by atoms with Crippen LogP contribution in [0.2, 0.25) is 0 Å². The fourth-order valence-electron chi connectivity index (χ4n) is 2.37. The van der Waals surface area contributed by atoms with E-state index in [0.717, 1.165) is 42.8 Å². The monoisotopic (exact) mass is 258 g/mol. The second-order valence-electron chi connectivity index (χ2n) is 4.75. The maximum atomic E-state index is 5.67. The molecule has 2 rings (SSSR count). The van der Waals surface area contributed by atoms with Crippen molar-refractivity contribution in [1.82, 2.24) is 4.98 Å². The molecule has 1 aromatic heterocycles. The first kappa shape index (κ1) is 13.8. The van der Waals surface area contributed by atoms with Crippen LogP contribution in [0, 0.1) is 6.92 Å². The minimum Gasteiger partial charge on any atom is -0.492 e. The Morgan fingerprint density at radius 1 is 1.26 bits per heavy atom. The van der Waals surface area contributed by atoms with Crippen molar-refractivity contribution < 1.29 is 4.74 Å². The van der Waals surface area contributed by atoms with E-state index in [9.17, 15) is 0 Å². The van der Waals surface area contributed by atoms with Gasteiger partial charge < -0.3 is 10.5 Å². The number of hydrogen-bond acceptors (Lipinski definition) is 3. The molecule has 2 N–H and O–H groups in total. The predicted octanol–water partition coefficient (Wildman–Crippen LogP) is 3.22. The number of unbranched alkanes of at least 4 members (excludes halogenated alkanes) is 1. The number of hydrogen-bond donors (Lipinski definition) is 1. The van der Waals surface area contributed by atoms with Crippen LogP contribution in [0.4, 0.5) is 0 Å². The average Bonchev–Trinajstić information content (AvgIpc) is 2.40. The molecule has 1 heterocycles. The molecule has 0 unspecified atom stereocenters. The quantitative estimate of drug-likeness (QED) is 0.809. The normalized spacial score (nSPS) is 10.9. The summed E-state index contributed by atoms with van der Waals surface area (Å²) < 4.78 is 5.67. The van der Waals surface area contributed by atoms with Crippen LogP contribution in [0.3, 0.4) is 0 Å². The number of nitrogens with two attached hydrogens (primary N) is 1. The molecule has 0 saturated carbocycles. The van der Waals surface area contributed by atoms with Crippen LogP contribution in [0.5, 0.6) is 5.75 Å². The van der Waals surface area contributed by atoms with Crippen molar-refractivity contribution in [2.24, 2.45) is 5.73 Å². The van der Waals surface area contributed by atoms with Crippen molar-refractivity contribution in [3.63, 3.8) is 0 Å². The maximum absolute atomic E-state index is 5.67. The van der Waals surface area contributed by atoms with E-state index < -0.39 is 0 Å². The zero-order valence-corrected chi connectivity index (χ0v) is 11.8. The van der Waals surface area contributed by atoms with E-state index in [2.05, 4.69) is 17.1 Å². The molecule has 2 aromatic rings. The van der Waals surface area contributed by atoms with Gasteiger partial charge in [0.05, 0.1) is 6.61 Å². The number of benzene rings is 1. The summed E-state index contributed by atoms with van der Waals surface area (Å²) in [5, 5.41) is 1.20. The Bertz CT molecular complexity index is 552. The molecule has 1 aromatic carbocycles. The summed E-state index contributed by atoms with van der Waals surface area (Å²) in [4.78, 5) is 4.63. The summed E-state index contributed by atoms with van der Waals surface area (Å²) in [5.74, 6) is 0.878. The van der Waals surface area contributed by atoms with E-state index in [1.807, 2.05) is 26.0 Å². The molecule has 0 saturated heterocycles. The molecule has 0 radical (unpaired) electrons. The fraction of sp³-hybridized carbons (Fsp3) is 0.438. The van der Waals surface area contributed by atoms with Gasteiger partial charge in [0.2, 0.25) is 0 Å². The second kappa shape index (κ2) is 6.53. The number of rotatable bonds is 6. The van der Waals surface area contributed by atoms with E-state index in [4.69, 9.17) is 10.5 Å². The van der Waals surface area contributed by atoms with Gasteiger partial charge in [0.25, 0.3) is 0 Å². The molecule has 3 nitrogen and oxygen atoms in total. The van der Waals surface area contributed by atoms with Crippen molar-refractivity contribution >= 4 is 10.9 Å². The van der Waals surface area contributed by atoms with E-state index in [0.29, 0.717) is 6.61 Å². The zero-order valence-electron chi connectivity index (χ0n) is 11.8. The Labute approximate surface area is 114 Å². The molecule has 102 valence electrons. The van der Waals surface area contributed by atoms with Gasteiger partial charge in [-0.05, 0) is 57.4 Å². The summed E-state index contributed by atoms with van der Waals surface area (Å²) in [6.45, 7) is 5.45. The highest BCUT2D eigenvalue weighted by molar-refractivity contribution is 5.87. The van der Waals surface area contributed by atoms with Crippen LogP contribution in [0.15, 0.2) is 24.3 Å². The van der Waals surface area contributed by atoms with Crippen LogP contribution in [-0.4, -0.2) is 18.1 Å². The highest BCUT2D eigenvalue weighted by Gasteiger charge is 2.08. The first-order valence-corrected chi connectivity index (χ1v) is 6.98. The summed E-state index contributed by atoms with van der Waals surface area (Å²) in [7, 11) is 0. The molecule has 0 aliphatic rings. The van der Waals surface area contributed by atoms with Crippen LogP contribution in [0.25, 0.3) is 10.9 Å². The first-order valence-electron chi connectivity index (χ1n) is 6.98. The third-order valence-corrected chi connectivity index (χ3v) is 3.22. The summed E-state index contributed by atoms with van der Waals surface area (Å²) in [5.41, 5.74) is 8.93. The van der Waals surface area contributed by atoms with Gasteiger partial charge in [-0.2, -0.15) is 0 Å². The van der Waals surface area contributed by atoms with Gasteiger partial charge in [-0.15, -0.1) is 0 Å². The maximum Gasteiger partial charge on any atom is 0.145 e. The molecule has 19 heavy (non-hydrogen) atoms. The Morgan fingerprint density at radius 2 is 2.11 bits per heavy atom. The number of aromatic nitrogens is 1. The van der Waals surface area contributed by atoms with Gasteiger partial charge in [0.15, 0.2) is 0 Å². The number of aryl methyl sites for hydroxylation is 2. The third kappa shape index (κ3) is 3.24. The minimum atomic E-state index is 0.664. The highest BCUT2D eigenvalue weighted by Crippen LogP contribution is 2.27. The molecule has 0 aliphatic heterocycles. The first-order chi connectivity index (χ1) is 9.26. The Kier molecular flexibility index (Phi) is 4.74. The smallest absolute Gasteiger partial charge is 0.145 e. The van der Waals surface area contributed by atoms with E-state index >= 15 is 0 Å². The largest absolute Gasteiger partial charge is 0.492 e. The van der Waals surface area contributed by atoms with Crippen molar-refractivity contribution in [1.29, 1.82) is 0 Å². The van der Waals surface area contributed by atoms with Crippen LogP contribution < -0.4 is 10.5 Å². The van der Waals surface area contributed by atoms with E-state index in [1.165, 1.54) is 10.9 Å². The van der Waals surface area contributed by atoms with Crippen LogP contribution in [-0.2, 0) is 6.42 Å². The third-order valence-electron chi connectivity index (χ3n) is 3.22. The Morgan fingerprint density at radius 3 is 2.84 bits per heavy atom. The summed E-state index contributed by atoms with van der Waals surface area (Å²) >= 11 is 0. The molecule has 0 spiro atoms. The van der Waals surface area contributed by atoms with Gasteiger partial charge in [0.1, 0.15) is 11.3 Å². The lowest BCUT2D eigenvalue weighted by Gasteiger charge is -2.11. The number of ether oxygens (including phenoxy) is 1. The zero-order chi connectivity index (χ0) is 13.7. The van der Waals surface area contributed by atoms with Crippen molar-refractivity contribution in [2.75, 3.05) is 13.2 Å². The predicted molar refractivity (Wildman–Crippen MR) is 79.6 cm³/mol. The molecule has 0 bridgehead atoms. The molecule has 0 fully saturated rings. The molecular formula is C16H22N2O. The molecule has 0 amide bonds. The Balaban J connectivity index is 2.43. The lowest BCUT2D eigenvalue weighted by atomic mass is 10.0. The number of nitrogens with zero attached hydrogens (tertiary/aromatic N) is 1. The van der Waals surface area contributed by atoms with Gasteiger partial charge in [-0.25, -0.2) is 4.98 Å². The number of pyridine rings is 1. The van der Waals surface area contributed by atoms with E-state index in [1.54, 1.807) is 0 Å². The van der Waals surface area contributed by atoms with Crippen molar-refractivity contribution in [2.45, 2.75) is 33.1 Å². The average molecular weight is 258 g/mol. The SMILES string of the molecule is CCOc1cccc2c(CCCCN)cc(C)nc12. The van der Waals surface area contributed by atoms with Crippen LogP contribution in [0.1, 0.15) is 31.0 Å².